The Balaban J connectivity index is 1.68. The van der Waals surface area contributed by atoms with Crippen molar-refractivity contribution >= 4 is 17.4 Å². The smallest absolute Gasteiger partial charge is 0.270 e. The normalized spacial score (nSPS) is 9.88. The number of nitrogens with zero attached hydrogens (tertiary/aromatic N) is 4. The molecule has 3 rings (SSSR count). The molecule has 0 aliphatic heterocycles. The first kappa shape index (κ1) is 16.1. The summed E-state index contributed by atoms with van der Waals surface area (Å²) >= 11 is 0. The summed E-state index contributed by atoms with van der Waals surface area (Å²) in [6, 6.07) is 14.3. The molecule has 2 heterocycles. The van der Waals surface area contributed by atoms with Crippen LogP contribution in [0.5, 0.6) is 0 Å². The average Bonchev–Trinajstić information content (AvgIpc) is 2.67. The van der Waals surface area contributed by atoms with Gasteiger partial charge in [0.2, 0.25) is 0 Å². The Hall–Kier alpha value is -3.79. The zero-order valence-corrected chi connectivity index (χ0v) is 13.2. The number of carbonyl (C=O) groups is 1. The molecule has 0 atom stereocenters. The van der Waals surface area contributed by atoms with Gasteiger partial charge in [0.25, 0.3) is 5.91 Å². The Morgan fingerprint density at radius 1 is 1.12 bits per heavy atom. The molecule has 0 spiro atoms. The number of nitriles is 1. The van der Waals surface area contributed by atoms with Crippen LogP contribution in [0.1, 0.15) is 21.6 Å². The van der Waals surface area contributed by atoms with Gasteiger partial charge >= 0.3 is 0 Å². The Kier molecular flexibility index (Phi) is 4.93. The van der Waals surface area contributed by atoms with Crippen LogP contribution >= 0.6 is 0 Å². The number of amides is 1. The first-order valence-electron chi connectivity index (χ1n) is 7.51. The van der Waals surface area contributed by atoms with Crippen LogP contribution in [0.4, 0.5) is 11.5 Å². The molecule has 0 saturated heterocycles. The summed E-state index contributed by atoms with van der Waals surface area (Å²) in [5.41, 5.74) is 2.45. The van der Waals surface area contributed by atoms with Crippen molar-refractivity contribution in [2.45, 2.75) is 6.54 Å². The van der Waals surface area contributed by atoms with Gasteiger partial charge in [-0.2, -0.15) is 5.26 Å². The molecule has 0 aliphatic carbocycles. The summed E-state index contributed by atoms with van der Waals surface area (Å²) in [6.45, 7) is 0.387. The van der Waals surface area contributed by atoms with Crippen molar-refractivity contribution < 1.29 is 4.79 Å². The Bertz CT molecular complexity index is 920. The fraction of sp³-hybridized carbons (Fsp3) is 0.0556. The highest BCUT2D eigenvalue weighted by Crippen LogP contribution is 2.16. The van der Waals surface area contributed by atoms with E-state index in [-0.39, 0.29) is 11.6 Å². The number of benzene rings is 1. The Labute approximate surface area is 144 Å². The van der Waals surface area contributed by atoms with E-state index in [2.05, 4.69) is 31.7 Å². The molecular weight excluding hydrogens is 316 g/mol. The second-order valence-electron chi connectivity index (χ2n) is 5.14. The minimum atomic E-state index is -0.298. The van der Waals surface area contributed by atoms with Gasteiger partial charge < -0.3 is 10.6 Å². The first-order chi connectivity index (χ1) is 12.2. The highest BCUT2D eigenvalue weighted by atomic mass is 16.1. The number of rotatable bonds is 5. The molecule has 1 aromatic carbocycles. The van der Waals surface area contributed by atoms with Crippen LogP contribution in [0, 0.1) is 11.3 Å². The number of carbonyl (C=O) groups excluding carboxylic acids is 1. The summed E-state index contributed by atoms with van der Waals surface area (Å²) in [4.78, 5) is 24.3. The highest BCUT2D eigenvalue weighted by Gasteiger charge is 2.09. The van der Waals surface area contributed by atoms with Crippen LogP contribution in [0.2, 0.25) is 0 Å². The molecule has 0 aliphatic rings. The summed E-state index contributed by atoms with van der Waals surface area (Å²) in [5, 5.41) is 14.8. The number of nitrogens with one attached hydrogen (secondary N) is 2. The number of hydrogen-bond donors (Lipinski definition) is 2. The van der Waals surface area contributed by atoms with E-state index in [1.54, 1.807) is 36.7 Å². The molecule has 122 valence electrons. The first-order valence-corrected chi connectivity index (χ1v) is 7.51. The maximum Gasteiger partial charge on any atom is 0.270 e. The molecule has 0 radical (unpaired) electrons. The minimum absolute atomic E-state index is 0.253. The molecule has 7 heteroatoms. The standard InChI is InChI=1S/C18H14N6O/c19-10-14-2-1-3-15(8-14)24-17-9-16(22-12-23-17)18(25)21-11-13-4-6-20-7-5-13/h1-9,12H,11H2,(H,21,25)(H,22,23,24). The number of pyridine rings is 1. The van der Waals surface area contributed by atoms with Crippen LogP contribution in [0.25, 0.3) is 0 Å². The number of aromatic nitrogens is 3. The molecule has 25 heavy (non-hydrogen) atoms. The van der Waals surface area contributed by atoms with Crippen molar-refractivity contribution in [2.24, 2.45) is 0 Å². The quantitative estimate of drug-likeness (QED) is 0.744. The van der Waals surface area contributed by atoms with Gasteiger partial charge in [0.1, 0.15) is 17.8 Å². The maximum absolute atomic E-state index is 12.2. The van der Waals surface area contributed by atoms with E-state index < -0.39 is 0 Å². The summed E-state index contributed by atoms with van der Waals surface area (Å²) < 4.78 is 0. The Morgan fingerprint density at radius 2 is 1.96 bits per heavy atom. The lowest BCUT2D eigenvalue weighted by atomic mass is 10.2. The van der Waals surface area contributed by atoms with Crippen molar-refractivity contribution in [1.29, 1.82) is 5.26 Å². The summed E-state index contributed by atoms with van der Waals surface area (Å²) in [6.07, 6.45) is 4.66. The van der Waals surface area contributed by atoms with Gasteiger partial charge in [-0.15, -0.1) is 0 Å². The Morgan fingerprint density at radius 3 is 2.76 bits per heavy atom. The third kappa shape index (κ3) is 4.36. The second-order valence-corrected chi connectivity index (χ2v) is 5.14. The van der Waals surface area contributed by atoms with Gasteiger partial charge in [0.05, 0.1) is 11.6 Å². The van der Waals surface area contributed by atoms with E-state index in [9.17, 15) is 4.79 Å². The van der Waals surface area contributed by atoms with Gasteiger partial charge in [-0.05, 0) is 35.9 Å². The zero-order chi connectivity index (χ0) is 17.5. The highest BCUT2D eigenvalue weighted by molar-refractivity contribution is 5.92. The molecule has 2 aromatic heterocycles. The van der Waals surface area contributed by atoms with Gasteiger partial charge in [0.15, 0.2) is 0 Å². The minimum Gasteiger partial charge on any atom is -0.347 e. The zero-order valence-electron chi connectivity index (χ0n) is 13.2. The fourth-order valence-corrected chi connectivity index (χ4v) is 2.14. The molecule has 3 aromatic rings. The number of anilines is 2. The van der Waals surface area contributed by atoms with Crippen molar-refractivity contribution in [3.63, 3.8) is 0 Å². The molecule has 7 nitrogen and oxygen atoms in total. The predicted molar refractivity (Wildman–Crippen MR) is 91.9 cm³/mol. The predicted octanol–water partition coefficient (Wildman–Crippen LogP) is 2.42. The van der Waals surface area contributed by atoms with Crippen LogP contribution in [0.3, 0.4) is 0 Å². The molecule has 0 fully saturated rings. The van der Waals surface area contributed by atoms with E-state index >= 15 is 0 Å². The van der Waals surface area contributed by atoms with E-state index in [1.165, 1.54) is 6.33 Å². The van der Waals surface area contributed by atoms with Crippen molar-refractivity contribution in [3.05, 3.63) is 78.0 Å². The second kappa shape index (κ2) is 7.66. The van der Waals surface area contributed by atoms with Gasteiger partial charge in [-0.25, -0.2) is 9.97 Å². The third-order valence-corrected chi connectivity index (χ3v) is 3.37. The number of hydrogen-bond acceptors (Lipinski definition) is 6. The monoisotopic (exact) mass is 330 g/mol. The molecular formula is C18H14N6O. The molecule has 1 amide bonds. The lowest BCUT2D eigenvalue weighted by Gasteiger charge is -2.08. The molecule has 0 unspecified atom stereocenters. The van der Waals surface area contributed by atoms with E-state index in [0.29, 0.717) is 23.6 Å². The van der Waals surface area contributed by atoms with E-state index in [4.69, 9.17) is 5.26 Å². The van der Waals surface area contributed by atoms with E-state index in [0.717, 1.165) is 5.56 Å². The molecule has 0 bridgehead atoms. The molecule has 2 N–H and O–H groups in total. The maximum atomic E-state index is 12.2. The average molecular weight is 330 g/mol. The van der Waals surface area contributed by atoms with Crippen LogP contribution in [-0.2, 0) is 6.54 Å². The van der Waals surface area contributed by atoms with Crippen LogP contribution in [0.15, 0.2) is 61.2 Å². The van der Waals surface area contributed by atoms with Crippen LogP contribution < -0.4 is 10.6 Å². The SMILES string of the molecule is N#Cc1cccc(Nc2cc(C(=O)NCc3ccncc3)ncn2)c1. The molecule has 0 saturated carbocycles. The fourth-order valence-electron chi connectivity index (χ4n) is 2.14. The van der Waals surface area contributed by atoms with Crippen molar-refractivity contribution in [1.82, 2.24) is 20.3 Å². The third-order valence-electron chi connectivity index (χ3n) is 3.37. The van der Waals surface area contributed by atoms with Gasteiger partial charge in [-0.3, -0.25) is 9.78 Å². The summed E-state index contributed by atoms with van der Waals surface area (Å²) in [7, 11) is 0. The topological polar surface area (TPSA) is 104 Å². The summed E-state index contributed by atoms with van der Waals surface area (Å²) in [5.74, 6) is 0.173. The van der Waals surface area contributed by atoms with Crippen molar-refractivity contribution in [3.8, 4) is 6.07 Å². The lowest BCUT2D eigenvalue weighted by molar-refractivity contribution is 0.0946. The van der Waals surface area contributed by atoms with Gasteiger partial charge in [0, 0.05) is 30.7 Å². The van der Waals surface area contributed by atoms with Gasteiger partial charge in [-0.1, -0.05) is 6.07 Å². The van der Waals surface area contributed by atoms with E-state index in [1.807, 2.05) is 18.2 Å². The lowest BCUT2D eigenvalue weighted by Crippen LogP contribution is -2.24. The largest absolute Gasteiger partial charge is 0.347 e. The van der Waals surface area contributed by atoms with Crippen molar-refractivity contribution in [2.75, 3.05) is 5.32 Å². The van der Waals surface area contributed by atoms with Crippen LogP contribution in [-0.4, -0.2) is 20.9 Å².